The van der Waals surface area contributed by atoms with Gasteiger partial charge >= 0.3 is 11.6 Å². The summed E-state index contributed by atoms with van der Waals surface area (Å²) in [4.78, 5) is 62.8. The number of imide groups is 1. The lowest BCUT2D eigenvalue weighted by atomic mass is 10.1. The third-order valence-corrected chi connectivity index (χ3v) is 5.35. The van der Waals surface area contributed by atoms with Crippen molar-refractivity contribution in [3.8, 4) is 5.75 Å². The number of amides is 3. The van der Waals surface area contributed by atoms with Crippen LogP contribution in [0.5, 0.6) is 5.75 Å². The van der Waals surface area contributed by atoms with Gasteiger partial charge in [-0.1, -0.05) is 12.1 Å². The van der Waals surface area contributed by atoms with Gasteiger partial charge in [-0.05, 0) is 42.5 Å². The highest BCUT2D eigenvalue weighted by atomic mass is 16.5. The van der Waals surface area contributed by atoms with Gasteiger partial charge in [0, 0.05) is 11.5 Å². The highest BCUT2D eigenvalue weighted by Gasteiger charge is 2.36. The lowest BCUT2D eigenvalue weighted by Crippen LogP contribution is -2.36. The molecule has 2 aromatic carbocycles. The van der Waals surface area contributed by atoms with Crippen molar-refractivity contribution in [2.45, 2.75) is 6.54 Å². The largest absolute Gasteiger partial charge is 0.467 e. The van der Waals surface area contributed by atoms with E-state index in [-0.39, 0.29) is 34.6 Å². The molecule has 10 nitrogen and oxygen atoms in total. The van der Waals surface area contributed by atoms with E-state index >= 15 is 0 Å². The molecule has 3 heterocycles. The number of furan rings is 1. The van der Waals surface area contributed by atoms with Crippen molar-refractivity contribution in [2.75, 3.05) is 6.54 Å². The molecule has 0 saturated heterocycles. The Morgan fingerprint density at radius 1 is 0.914 bits per heavy atom. The van der Waals surface area contributed by atoms with Crippen LogP contribution in [0.15, 0.2) is 80.6 Å². The molecule has 0 spiro atoms. The second-order valence-corrected chi connectivity index (χ2v) is 7.63. The molecular formula is C25H16N2O8. The fourth-order valence-electron chi connectivity index (χ4n) is 3.66. The first-order valence-electron chi connectivity index (χ1n) is 10.4. The van der Waals surface area contributed by atoms with E-state index in [1.54, 1.807) is 24.3 Å². The first-order valence-corrected chi connectivity index (χ1v) is 10.4. The average molecular weight is 472 g/mol. The molecule has 0 saturated carbocycles. The quantitative estimate of drug-likeness (QED) is 0.196. The maximum absolute atomic E-state index is 12.4. The number of ether oxygens (including phenoxy) is 1. The first kappa shape index (κ1) is 21.8. The van der Waals surface area contributed by atoms with E-state index in [0.29, 0.717) is 11.1 Å². The highest BCUT2D eigenvalue weighted by molar-refractivity contribution is 6.22. The maximum Gasteiger partial charge on any atom is 0.349 e. The molecular weight excluding hydrogens is 456 g/mol. The van der Waals surface area contributed by atoms with Crippen LogP contribution in [-0.2, 0) is 11.3 Å². The van der Waals surface area contributed by atoms with Gasteiger partial charge in [-0.2, -0.15) is 0 Å². The number of nitrogens with zero attached hydrogens (tertiary/aromatic N) is 1. The van der Waals surface area contributed by atoms with Gasteiger partial charge in [-0.15, -0.1) is 0 Å². The lowest BCUT2D eigenvalue weighted by molar-refractivity contribution is -0.134. The minimum atomic E-state index is -0.871. The Labute approximate surface area is 196 Å². The Morgan fingerprint density at radius 3 is 2.34 bits per heavy atom. The fraction of sp³-hybridized carbons (Fsp3) is 0.0800. The molecule has 0 fully saturated rings. The van der Waals surface area contributed by atoms with Crippen molar-refractivity contribution < 1.29 is 32.7 Å². The van der Waals surface area contributed by atoms with E-state index in [1.165, 1.54) is 42.7 Å². The molecule has 1 N–H and O–H groups in total. The molecule has 35 heavy (non-hydrogen) atoms. The van der Waals surface area contributed by atoms with Crippen LogP contribution in [0, 0.1) is 0 Å². The van der Waals surface area contributed by atoms with Crippen molar-refractivity contribution in [2.24, 2.45) is 0 Å². The molecule has 0 atom stereocenters. The number of rotatable bonds is 6. The van der Waals surface area contributed by atoms with Gasteiger partial charge in [-0.3, -0.25) is 19.3 Å². The lowest BCUT2D eigenvalue weighted by Gasteiger charge is -2.13. The zero-order chi connectivity index (χ0) is 24.5. The van der Waals surface area contributed by atoms with E-state index in [9.17, 15) is 24.0 Å². The van der Waals surface area contributed by atoms with Crippen LogP contribution in [-0.4, -0.2) is 35.1 Å². The third-order valence-electron chi connectivity index (χ3n) is 5.35. The van der Waals surface area contributed by atoms with Crippen LogP contribution in [0.2, 0.25) is 0 Å². The predicted octanol–water partition coefficient (Wildman–Crippen LogP) is 2.52. The van der Waals surface area contributed by atoms with Crippen molar-refractivity contribution >= 4 is 34.7 Å². The topological polar surface area (TPSA) is 136 Å². The summed E-state index contributed by atoms with van der Waals surface area (Å²) in [5, 5.41) is 2.99. The van der Waals surface area contributed by atoms with Crippen LogP contribution < -0.4 is 15.7 Å². The summed E-state index contributed by atoms with van der Waals surface area (Å²) in [6, 6.07) is 15.3. The second kappa shape index (κ2) is 8.75. The fourth-order valence-corrected chi connectivity index (χ4v) is 3.66. The number of esters is 1. The van der Waals surface area contributed by atoms with Gasteiger partial charge in [0.1, 0.15) is 29.2 Å². The molecule has 3 amide bonds. The van der Waals surface area contributed by atoms with Gasteiger partial charge in [0.05, 0.1) is 23.9 Å². The summed E-state index contributed by atoms with van der Waals surface area (Å²) in [7, 11) is 0. The molecule has 0 unspecified atom stereocenters. The summed E-state index contributed by atoms with van der Waals surface area (Å²) in [6.45, 7) is -0.478. The predicted molar refractivity (Wildman–Crippen MR) is 120 cm³/mol. The molecule has 10 heteroatoms. The van der Waals surface area contributed by atoms with Gasteiger partial charge in [0.25, 0.3) is 17.7 Å². The number of hydrogen-bond acceptors (Lipinski definition) is 8. The SMILES string of the molecule is O=C(CN1C(=O)c2ccccc2C1=O)Oc1ccc2cc(C(=O)NCc3ccco3)c(=O)oc2c1. The zero-order valence-electron chi connectivity index (χ0n) is 18.0. The molecule has 174 valence electrons. The van der Waals surface area contributed by atoms with Gasteiger partial charge < -0.3 is 18.9 Å². The van der Waals surface area contributed by atoms with Crippen LogP contribution in [0.4, 0.5) is 0 Å². The third kappa shape index (κ3) is 4.20. The van der Waals surface area contributed by atoms with E-state index < -0.39 is 35.9 Å². The number of carbonyl (C=O) groups excluding carboxylic acids is 4. The number of carbonyl (C=O) groups is 4. The maximum atomic E-state index is 12.4. The van der Waals surface area contributed by atoms with Crippen molar-refractivity contribution in [3.63, 3.8) is 0 Å². The van der Waals surface area contributed by atoms with E-state index in [0.717, 1.165) is 4.90 Å². The Kier molecular flexibility index (Phi) is 5.46. The van der Waals surface area contributed by atoms with Crippen molar-refractivity contribution in [1.82, 2.24) is 10.2 Å². The van der Waals surface area contributed by atoms with Crippen molar-refractivity contribution in [3.05, 3.63) is 99.8 Å². The summed E-state index contributed by atoms with van der Waals surface area (Å²) >= 11 is 0. The normalized spacial score (nSPS) is 12.6. The summed E-state index contributed by atoms with van der Waals surface area (Å²) < 4.78 is 15.6. The minimum Gasteiger partial charge on any atom is -0.467 e. The molecule has 2 aromatic heterocycles. The van der Waals surface area contributed by atoms with Crippen LogP contribution >= 0.6 is 0 Å². The molecule has 4 aromatic rings. The second-order valence-electron chi connectivity index (χ2n) is 7.63. The van der Waals surface area contributed by atoms with Crippen LogP contribution in [0.25, 0.3) is 11.0 Å². The van der Waals surface area contributed by atoms with E-state index in [4.69, 9.17) is 13.6 Å². The smallest absolute Gasteiger partial charge is 0.349 e. The minimum absolute atomic E-state index is 0.0391. The summed E-state index contributed by atoms with van der Waals surface area (Å²) in [5.41, 5.74) is -0.532. The standard InChI is InChI=1S/C25H16N2O8/c28-21(13-27-23(30)17-5-1-2-6-18(17)24(27)31)34-15-8-7-14-10-19(25(32)35-20(14)11-15)22(29)26-12-16-4-3-9-33-16/h1-11H,12-13H2,(H,26,29). The first-order chi connectivity index (χ1) is 16.9. The highest BCUT2D eigenvalue weighted by Crippen LogP contribution is 2.24. The summed E-state index contributed by atoms with van der Waals surface area (Å²) in [6.07, 6.45) is 1.47. The number of hydrogen-bond donors (Lipinski definition) is 1. The average Bonchev–Trinajstić information content (AvgIpc) is 3.45. The molecule has 0 aliphatic carbocycles. The molecule has 5 rings (SSSR count). The Hall–Kier alpha value is -4.99. The Morgan fingerprint density at radius 2 is 1.66 bits per heavy atom. The Bertz CT molecular complexity index is 1520. The van der Waals surface area contributed by atoms with Gasteiger partial charge in [0.2, 0.25) is 0 Å². The van der Waals surface area contributed by atoms with Gasteiger partial charge in [-0.25, -0.2) is 9.59 Å². The number of fused-ring (bicyclic) bond motifs is 2. The van der Waals surface area contributed by atoms with Crippen LogP contribution in [0.1, 0.15) is 36.8 Å². The van der Waals surface area contributed by atoms with E-state index in [1.807, 2.05) is 0 Å². The monoisotopic (exact) mass is 472 g/mol. The van der Waals surface area contributed by atoms with E-state index in [2.05, 4.69) is 5.32 Å². The molecule has 0 bridgehead atoms. The van der Waals surface area contributed by atoms with Crippen LogP contribution in [0.3, 0.4) is 0 Å². The molecule has 0 radical (unpaired) electrons. The number of nitrogens with one attached hydrogen (secondary N) is 1. The Balaban J connectivity index is 1.28. The zero-order valence-corrected chi connectivity index (χ0v) is 18.0. The molecule has 1 aliphatic rings. The molecule has 1 aliphatic heterocycles. The van der Waals surface area contributed by atoms with Gasteiger partial charge in [0.15, 0.2) is 0 Å². The number of benzene rings is 2. The van der Waals surface area contributed by atoms with Crippen molar-refractivity contribution in [1.29, 1.82) is 0 Å². The summed E-state index contributed by atoms with van der Waals surface area (Å²) in [5.74, 6) is -2.08.